The lowest BCUT2D eigenvalue weighted by molar-refractivity contribution is -0.137. The second-order valence-electron chi connectivity index (χ2n) is 6.06. The number of rotatable bonds is 9. The summed E-state index contributed by atoms with van der Waals surface area (Å²) in [5.41, 5.74) is 7.18. The zero-order chi connectivity index (χ0) is 16.7. The summed E-state index contributed by atoms with van der Waals surface area (Å²) >= 11 is 11.9. The lowest BCUT2D eigenvalue weighted by Gasteiger charge is -2.24. The van der Waals surface area contributed by atoms with E-state index in [0.29, 0.717) is 16.0 Å². The zero-order valence-corrected chi connectivity index (χ0v) is 14.7. The summed E-state index contributed by atoms with van der Waals surface area (Å²) in [5, 5.41) is 10.0. The largest absolute Gasteiger partial charge is 0.481 e. The molecule has 0 amide bonds. The smallest absolute Gasteiger partial charge is 0.304 e. The second-order valence-corrected chi connectivity index (χ2v) is 6.87. The fourth-order valence-electron chi connectivity index (χ4n) is 2.76. The third-order valence-corrected chi connectivity index (χ3v) is 4.89. The molecule has 3 unspecified atom stereocenters. The van der Waals surface area contributed by atoms with Crippen molar-refractivity contribution in [3.63, 3.8) is 0 Å². The normalized spacial score (nSPS) is 15.3. The van der Waals surface area contributed by atoms with Crippen LogP contribution in [0, 0.1) is 11.8 Å². The Bertz CT molecular complexity index is 494. The highest BCUT2D eigenvalue weighted by Gasteiger charge is 2.21. The monoisotopic (exact) mass is 345 g/mol. The standard InChI is InChI=1S/C17H25Cl2NO2/c1-3-13(16(20)10-17(21)22)8-11(2)4-5-12-6-7-14(18)15(19)9-12/h6-7,9,11,13,16H,3-5,8,10,20H2,1-2H3,(H,21,22). The van der Waals surface area contributed by atoms with Crippen LogP contribution in [0.2, 0.25) is 10.0 Å². The molecule has 0 aliphatic rings. The van der Waals surface area contributed by atoms with Gasteiger partial charge in [0, 0.05) is 6.04 Å². The first kappa shape index (κ1) is 19.3. The number of aliphatic carboxylic acids is 1. The molecular formula is C17H25Cl2NO2. The molecule has 0 aromatic heterocycles. The van der Waals surface area contributed by atoms with Gasteiger partial charge in [-0.3, -0.25) is 4.79 Å². The molecule has 1 rings (SSSR count). The number of carboxylic acids is 1. The minimum absolute atomic E-state index is 0.0397. The maximum Gasteiger partial charge on any atom is 0.304 e. The third kappa shape index (κ3) is 6.55. The molecule has 0 fully saturated rings. The van der Waals surface area contributed by atoms with Crippen LogP contribution in [0.5, 0.6) is 0 Å². The summed E-state index contributed by atoms with van der Waals surface area (Å²) in [6.07, 6.45) is 3.85. The molecule has 0 heterocycles. The highest BCUT2D eigenvalue weighted by atomic mass is 35.5. The molecule has 3 atom stereocenters. The van der Waals surface area contributed by atoms with Crippen LogP contribution in [-0.2, 0) is 11.2 Å². The van der Waals surface area contributed by atoms with E-state index in [4.69, 9.17) is 34.0 Å². The summed E-state index contributed by atoms with van der Waals surface area (Å²) in [5.74, 6) is -0.0893. The average Bonchev–Trinajstić information content (AvgIpc) is 2.45. The van der Waals surface area contributed by atoms with Gasteiger partial charge in [0.1, 0.15) is 0 Å². The Kier molecular flexibility index (Phi) is 8.23. The van der Waals surface area contributed by atoms with Crippen molar-refractivity contribution < 1.29 is 9.90 Å². The van der Waals surface area contributed by atoms with E-state index < -0.39 is 5.97 Å². The number of carbonyl (C=O) groups is 1. The van der Waals surface area contributed by atoms with Crippen molar-refractivity contribution in [2.45, 2.75) is 52.0 Å². The summed E-state index contributed by atoms with van der Waals surface area (Å²) < 4.78 is 0. The molecule has 22 heavy (non-hydrogen) atoms. The van der Waals surface area contributed by atoms with Crippen molar-refractivity contribution in [1.29, 1.82) is 0 Å². The van der Waals surface area contributed by atoms with Crippen molar-refractivity contribution in [2.75, 3.05) is 0 Å². The van der Waals surface area contributed by atoms with Crippen molar-refractivity contribution in [3.05, 3.63) is 33.8 Å². The summed E-state index contributed by atoms with van der Waals surface area (Å²) in [6, 6.07) is 5.45. The topological polar surface area (TPSA) is 63.3 Å². The molecule has 0 spiro atoms. The number of halogens is 2. The van der Waals surface area contributed by atoms with Gasteiger partial charge in [-0.15, -0.1) is 0 Å². The average molecular weight is 346 g/mol. The third-order valence-electron chi connectivity index (χ3n) is 4.16. The van der Waals surface area contributed by atoms with Crippen LogP contribution in [0.25, 0.3) is 0 Å². The molecule has 124 valence electrons. The highest BCUT2D eigenvalue weighted by molar-refractivity contribution is 6.42. The molecule has 0 aliphatic carbocycles. The molecule has 5 heteroatoms. The lowest BCUT2D eigenvalue weighted by Crippen LogP contribution is -2.33. The minimum atomic E-state index is -0.825. The van der Waals surface area contributed by atoms with Crippen LogP contribution in [0.3, 0.4) is 0 Å². The van der Waals surface area contributed by atoms with Gasteiger partial charge < -0.3 is 10.8 Å². The second kappa shape index (κ2) is 9.39. The summed E-state index contributed by atoms with van der Waals surface area (Å²) in [4.78, 5) is 10.8. The number of hydrogen-bond donors (Lipinski definition) is 2. The van der Waals surface area contributed by atoms with E-state index in [1.54, 1.807) is 0 Å². The van der Waals surface area contributed by atoms with E-state index in [1.807, 2.05) is 18.2 Å². The predicted octanol–water partition coefficient (Wildman–Crippen LogP) is 4.78. The lowest BCUT2D eigenvalue weighted by atomic mass is 9.84. The predicted molar refractivity (Wildman–Crippen MR) is 92.6 cm³/mol. The number of benzene rings is 1. The maximum atomic E-state index is 10.8. The van der Waals surface area contributed by atoms with Crippen molar-refractivity contribution in [2.24, 2.45) is 17.6 Å². The molecule has 1 aromatic rings. The van der Waals surface area contributed by atoms with Gasteiger partial charge in [-0.05, 0) is 48.8 Å². The number of hydrogen-bond acceptors (Lipinski definition) is 2. The Morgan fingerprint density at radius 3 is 2.55 bits per heavy atom. The van der Waals surface area contributed by atoms with Gasteiger partial charge in [0.05, 0.1) is 16.5 Å². The minimum Gasteiger partial charge on any atom is -0.481 e. The Hall–Kier alpha value is -0.770. The van der Waals surface area contributed by atoms with E-state index in [9.17, 15) is 4.79 Å². The summed E-state index contributed by atoms with van der Waals surface area (Å²) in [7, 11) is 0. The van der Waals surface area contributed by atoms with Gasteiger partial charge in [-0.25, -0.2) is 0 Å². The molecule has 0 aliphatic heterocycles. The molecule has 3 nitrogen and oxygen atoms in total. The number of nitrogens with two attached hydrogens (primary N) is 1. The van der Waals surface area contributed by atoms with Gasteiger partial charge in [0.25, 0.3) is 0 Å². The maximum absolute atomic E-state index is 10.8. The van der Waals surface area contributed by atoms with E-state index in [1.165, 1.54) is 5.56 Å². The first-order chi connectivity index (χ1) is 10.3. The van der Waals surface area contributed by atoms with Gasteiger partial charge in [0.2, 0.25) is 0 Å². The molecule has 3 N–H and O–H groups in total. The van der Waals surface area contributed by atoms with Crippen LogP contribution in [0.4, 0.5) is 0 Å². The van der Waals surface area contributed by atoms with Crippen molar-refractivity contribution in [3.8, 4) is 0 Å². The van der Waals surface area contributed by atoms with E-state index in [-0.39, 0.29) is 18.4 Å². The molecule has 0 bridgehead atoms. The first-order valence-electron chi connectivity index (χ1n) is 7.74. The number of carboxylic acid groups (broad SMARTS) is 1. The van der Waals surface area contributed by atoms with Crippen LogP contribution in [0.1, 0.15) is 45.1 Å². The quantitative estimate of drug-likeness (QED) is 0.676. The van der Waals surface area contributed by atoms with Crippen LogP contribution >= 0.6 is 23.2 Å². The fourth-order valence-corrected chi connectivity index (χ4v) is 3.08. The van der Waals surface area contributed by atoms with Crippen molar-refractivity contribution in [1.82, 2.24) is 0 Å². The first-order valence-corrected chi connectivity index (χ1v) is 8.50. The number of aryl methyl sites for hydroxylation is 1. The van der Waals surface area contributed by atoms with E-state index >= 15 is 0 Å². The Labute approximate surface area is 142 Å². The van der Waals surface area contributed by atoms with Crippen molar-refractivity contribution >= 4 is 29.2 Å². The van der Waals surface area contributed by atoms with Crippen LogP contribution in [0.15, 0.2) is 18.2 Å². The SMILES string of the molecule is CCC(CC(C)CCc1ccc(Cl)c(Cl)c1)C(N)CC(=O)O. The van der Waals surface area contributed by atoms with Crippen LogP contribution < -0.4 is 5.73 Å². The molecular weight excluding hydrogens is 321 g/mol. The summed E-state index contributed by atoms with van der Waals surface area (Å²) in [6.45, 7) is 4.26. The highest BCUT2D eigenvalue weighted by Crippen LogP contribution is 2.26. The molecule has 0 radical (unpaired) electrons. The molecule has 1 aromatic carbocycles. The van der Waals surface area contributed by atoms with E-state index in [0.717, 1.165) is 25.7 Å². The molecule has 0 saturated heterocycles. The Morgan fingerprint density at radius 2 is 2.00 bits per heavy atom. The van der Waals surface area contributed by atoms with Gasteiger partial charge in [0.15, 0.2) is 0 Å². The van der Waals surface area contributed by atoms with E-state index in [2.05, 4.69) is 13.8 Å². The Balaban J connectivity index is 2.48. The Morgan fingerprint density at radius 1 is 1.32 bits per heavy atom. The fraction of sp³-hybridized carbons (Fsp3) is 0.588. The molecule has 0 saturated carbocycles. The van der Waals surface area contributed by atoms with Gasteiger partial charge in [-0.2, -0.15) is 0 Å². The van der Waals surface area contributed by atoms with Crippen LogP contribution in [-0.4, -0.2) is 17.1 Å². The van der Waals surface area contributed by atoms with Gasteiger partial charge >= 0.3 is 5.97 Å². The van der Waals surface area contributed by atoms with Gasteiger partial charge in [-0.1, -0.05) is 49.5 Å². The zero-order valence-electron chi connectivity index (χ0n) is 13.2.